The van der Waals surface area contributed by atoms with Gasteiger partial charge in [0, 0.05) is 25.9 Å². The number of piperidine rings is 1. The lowest BCUT2D eigenvalue weighted by Gasteiger charge is -2.26. The molecule has 0 aromatic rings. The van der Waals surface area contributed by atoms with E-state index in [2.05, 4.69) is 0 Å². The highest BCUT2D eigenvalue weighted by atomic mass is 32.2. The fourth-order valence-corrected chi connectivity index (χ4v) is 3.54. The molecule has 0 aromatic carbocycles. The predicted molar refractivity (Wildman–Crippen MR) is 64.3 cm³/mol. The number of nitrogens with zero attached hydrogens (tertiary/aromatic N) is 1. The number of sulfone groups is 1. The van der Waals surface area contributed by atoms with Crippen molar-refractivity contribution in [2.75, 3.05) is 24.6 Å². The van der Waals surface area contributed by atoms with Crippen LogP contribution in [0.4, 0.5) is 0 Å². The number of likely N-dealkylation sites (tertiary alicyclic amines) is 1. The molecule has 1 rings (SSSR count). The van der Waals surface area contributed by atoms with Gasteiger partial charge in [-0.15, -0.1) is 0 Å². The molecule has 17 heavy (non-hydrogen) atoms. The van der Waals surface area contributed by atoms with Gasteiger partial charge in [-0.3, -0.25) is 9.59 Å². The predicted octanol–water partition coefficient (Wildman–Crippen LogP) is 0.249. The number of carbonyl (C=O) groups excluding carboxylic acids is 2. The molecular weight excluding hydrogens is 242 g/mol. The van der Waals surface area contributed by atoms with E-state index in [1.54, 1.807) is 0 Å². The summed E-state index contributed by atoms with van der Waals surface area (Å²) in [7, 11) is -3.32. The van der Waals surface area contributed by atoms with Crippen molar-refractivity contribution in [2.24, 2.45) is 5.92 Å². The highest BCUT2D eigenvalue weighted by Crippen LogP contribution is 2.08. The largest absolute Gasteiger partial charge is 0.341 e. The second-order valence-electron chi connectivity index (χ2n) is 4.87. The van der Waals surface area contributed by atoms with Gasteiger partial charge >= 0.3 is 0 Å². The third-order valence-electron chi connectivity index (χ3n) is 2.60. The Labute approximate surface area is 102 Å². The van der Waals surface area contributed by atoms with E-state index >= 15 is 0 Å². The SMILES string of the molecule is CC(C)CS(=O)(=O)CC(=O)N1CCC(=O)CC1. The summed E-state index contributed by atoms with van der Waals surface area (Å²) < 4.78 is 23.3. The highest BCUT2D eigenvalue weighted by Gasteiger charge is 2.25. The molecule has 1 aliphatic rings. The van der Waals surface area contributed by atoms with E-state index in [1.807, 2.05) is 13.8 Å². The van der Waals surface area contributed by atoms with Gasteiger partial charge in [-0.1, -0.05) is 13.8 Å². The zero-order valence-corrected chi connectivity index (χ0v) is 11.1. The molecule has 0 unspecified atom stereocenters. The first-order chi connectivity index (χ1) is 7.80. The normalized spacial score (nSPS) is 17.6. The first kappa shape index (κ1) is 14.2. The molecule has 0 saturated carbocycles. The lowest BCUT2D eigenvalue weighted by atomic mass is 10.1. The fraction of sp³-hybridized carbons (Fsp3) is 0.818. The maximum Gasteiger partial charge on any atom is 0.237 e. The molecule has 1 fully saturated rings. The second kappa shape index (κ2) is 5.62. The van der Waals surface area contributed by atoms with Crippen LogP contribution in [0.5, 0.6) is 0 Å². The van der Waals surface area contributed by atoms with Crippen molar-refractivity contribution in [1.82, 2.24) is 4.90 Å². The van der Waals surface area contributed by atoms with Crippen LogP contribution < -0.4 is 0 Å². The van der Waals surface area contributed by atoms with Gasteiger partial charge in [0.1, 0.15) is 11.5 Å². The Morgan fingerprint density at radius 1 is 1.29 bits per heavy atom. The number of rotatable bonds is 4. The highest BCUT2D eigenvalue weighted by molar-refractivity contribution is 7.92. The number of carbonyl (C=O) groups is 2. The van der Waals surface area contributed by atoms with Gasteiger partial charge in [0.15, 0.2) is 9.84 Å². The second-order valence-corrected chi connectivity index (χ2v) is 6.98. The zero-order valence-electron chi connectivity index (χ0n) is 10.3. The quantitative estimate of drug-likeness (QED) is 0.727. The van der Waals surface area contributed by atoms with Crippen molar-refractivity contribution in [1.29, 1.82) is 0 Å². The van der Waals surface area contributed by atoms with Crippen LogP contribution in [-0.2, 0) is 19.4 Å². The van der Waals surface area contributed by atoms with Gasteiger partial charge in [0.2, 0.25) is 5.91 Å². The molecule has 0 aliphatic carbocycles. The lowest BCUT2D eigenvalue weighted by molar-refractivity contribution is -0.132. The Bertz CT molecular complexity index is 390. The van der Waals surface area contributed by atoms with E-state index < -0.39 is 15.6 Å². The Morgan fingerprint density at radius 2 is 1.82 bits per heavy atom. The molecule has 0 spiro atoms. The molecule has 0 N–H and O–H groups in total. The lowest BCUT2D eigenvalue weighted by Crippen LogP contribution is -2.42. The molecule has 0 aromatic heterocycles. The first-order valence-electron chi connectivity index (χ1n) is 5.80. The number of amides is 1. The minimum absolute atomic E-state index is 0.0238. The van der Waals surface area contributed by atoms with Crippen LogP contribution in [-0.4, -0.2) is 49.6 Å². The van der Waals surface area contributed by atoms with Crippen LogP contribution in [0.1, 0.15) is 26.7 Å². The molecule has 0 radical (unpaired) electrons. The summed E-state index contributed by atoms with van der Waals surface area (Å²) in [6, 6.07) is 0. The summed E-state index contributed by atoms with van der Waals surface area (Å²) in [5, 5.41) is 0. The zero-order chi connectivity index (χ0) is 13.1. The summed E-state index contributed by atoms with van der Waals surface area (Å²) >= 11 is 0. The van der Waals surface area contributed by atoms with Gasteiger partial charge in [0.05, 0.1) is 5.75 Å². The molecule has 0 bridgehead atoms. The molecule has 0 atom stereocenters. The molecule has 1 aliphatic heterocycles. The standard InChI is InChI=1S/C11H19NO4S/c1-9(2)7-17(15,16)8-11(14)12-5-3-10(13)4-6-12/h9H,3-8H2,1-2H3. The van der Waals surface area contributed by atoms with Gasteiger partial charge in [-0.2, -0.15) is 0 Å². The van der Waals surface area contributed by atoms with Crippen molar-refractivity contribution in [3.63, 3.8) is 0 Å². The average Bonchev–Trinajstić information content (AvgIpc) is 2.15. The van der Waals surface area contributed by atoms with Crippen molar-refractivity contribution in [3.05, 3.63) is 0 Å². The average molecular weight is 261 g/mol. The topological polar surface area (TPSA) is 71.5 Å². The van der Waals surface area contributed by atoms with E-state index in [4.69, 9.17) is 0 Å². The van der Waals surface area contributed by atoms with Crippen LogP contribution in [0, 0.1) is 5.92 Å². The van der Waals surface area contributed by atoms with Crippen LogP contribution in [0.2, 0.25) is 0 Å². The van der Waals surface area contributed by atoms with Crippen molar-refractivity contribution < 1.29 is 18.0 Å². The molecule has 1 saturated heterocycles. The number of hydrogen-bond donors (Lipinski definition) is 0. The van der Waals surface area contributed by atoms with Crippen LogP contribution >= 0.6 is 0 Å². The summed E-state index contributed by atoms with van der Waals surface area (Å²) in [4.78, 5) is 24.2. The van der Waals surface area contributed by atoms with Crippen molar-refractivity contribution in [3.8, 4) is 0 Å². The Morgan fingerprint density at radius 3 is 2.29 bits per heavy atom. The Kier molecular flexibility index (Phi) is 4.68. The minimum atomic E-state index is -3.32. The summed E-state index contributed by atoms with van der Waals surface area (Å²) in [5.74, 6) is -0.613. The van der Waals surface area contributed by atoms with Crippen molar-refractivity contribution >= 4 is 21.5 Å². The molecular formula is C11H19NO4S. The monoisotopic (exact) mass is 261 g/mol. The Hall–Kier alpha value is -0.910. The van der Waals surface area contributed by atoms with Gasteiger partial charge < -0.3 is 4.90 Å². The van der Waals surface area contributed by atoms with Gasteiger partial charge in [-0.25, -0.2) is 8.42 Å². The van der Waals surface area contributed by atoms with Gasteiger partial charge in [-0.05, 0) is 5.92 Å². The van der Waals surface area contributed by atoms with Crippen molar-refractivity contribution in [2.45, 2.75) is 26.7 Å². The maximum atomic E-state index is 11.7. The number of hydrogen-bond acceptors (Lipinski definition) is 4. The Balaban J connectivity index is 2.52. The molecule has 98 valence electrons. The maximum absolute atomic E-state index is 11.7. The van der Waals surface area contributed by atoms with Crippen LogP contribution in [0.3, 0.4) is 0 Å². The van der Waals surface area contributed by atoms with Crippen LogP contribution in [0.15, 0.2) is 0 Å². The molecule has 1 amide bonds. The van der Waals surface area contributed by atoms with E-state index in [1.165, 1.54) is 4.90 Å². The van der Waals surface area contributed by atoms with E-state index in [0.29, 0.717) is 25.9 Å². The van der Waals surface area contributed by atoms with E-state index in [9.17, 15) is 18.0 Å². The minimum Gasteiger partial charge on any atom is -0.341 e. The van der Waals surface area contributed by atoms with E-state index in [-0.39, 0.29) is 23.4 Å². The molecule has 1 heterocycles. The fourth-order valence-electron chi connectivity index (χ4n) is 1.85. The van der Waals surface area contributed by atoms with Crippen LogP contribution in [0.25, 0.3) is 0 Å². The number of Topliss-reactive ketones (excluding diaryl/α,β-unsaturated/α-hetero) is 1. The summed E-state index contributed by atoms with van der Waals surface area (Å²) in [6.07, 6.45) is 0.686. The first-order valence-corrected chi connectivity index (χ1v) is 7.62. The number of ketones is 1. The van der Waals surface area contributed by atoms with Gasteiger partial charge in [0.25, 0.3) is 0 Å². The van der Waals surface area contributed by atoms with E-state index in [0.717, 1.165) is 0 Å². The summed E-state index contributed by atoms with van der Waals surface area (Å²) in [6.45, 7) is 4.33. The third-order valence-corrected chi connectivity index (χ3v) is 4.47. The third kappa shape index (κ3) is 4.85. The smallest absolute Gasteiger partial charge is 0.237 e. The molecule has 6 heteroatoms. The molecule has 5 nitrogen and oxygen atoms in total. The summed E-state index contributed by atoms with van der Waals surface area (Å²) in [5.41, 5.74) is 0.